The molecule has 0 saturated heterocycles. The number of nitrogens with zero attached hydrogens (tertiary/aromatic N) is 1. The molecule has 0 spiro atoms. The summed E-state index contributed by atoms with van der Waals surface area (Å²) in [6.07, 6.45) is 3.81. The second kappa shape index (κ2) is 8.78. The number of hydrogen-bond acceptors (Lipinski definition) is 8. The number of ether oxygens (including phenoxy) is 1. The zero-order chi connectivity index (χ0) is 20.3. The lowest BCUT2D eigenvalue weighted by Crippen LogP contribution is -2.24. The van der Waals surface area contributed by atoms with Crippen LogP contribution in [0.5, 0.6) is 0 Å². The standard InChI is InChI=1S/C18H22N4O4S2/c1-3-26-17(25)14-10-6-4-5-7-11(10)28-16(14)22-15(24)9(2)27-18-20-12(19)8-13(23)21-18/h8-9H,3-7H2,1-2H3,(H,22,24)(H3,19,20,21,23)/t9-/m1/s1. The van der Waals surface area contributed by atoms with Crippen molar-refractivity contribution < 1.29 is 14.3 Å². The van der Waals surface area contributed by atoms with E-state index < -0.39 is 11.2 Å². The Bertz CT molecular complexity index is 954. The Hall–Kier alpha value is -2.33. The fourth-order valence-electron chi connectivity index (χ4n) is 3.02. The number of anilines is 2. The Morgan fingerprint density at radius 3 is 2.89 bits per heavy atom. The van der Waals surface area contributed by atoms with Crippen LogP contribution in [0.15, 0.2) is 16.0 Å². The molecule has 8 nitrogen and oxygen atoms in total. The zero-order valence-corrected chi connectivity index (χ0v) is 17.3. The van der Waals surface area contributed by atoms with Gasteiger partial charge in [-0.25, -0.2) is 9.78 Å². The van der Waals surface area contributed by atoms with Gasteiger partial charge >= 0.3 is 5.97 Å². The van der Waals surface area contributed by atoms with Gasteiger partial charge in [0.15, 0.2) is 5.16 Å². The minimum atomic E-state index is -0.556. The number of H-pyrrole nitrogens is 1. The van der Waals surface area contributed by atoms with E-state index in [0.29, 0.717) is 10.6 Å². The van der Waals surface area contributed by atoms with Crippen LogP contribution in [0, 0.1) is 0 Å². The number of thiophene rings is 1. The van der Waals surface area contributed by atoms with E-state index >= 15 is 0 Å². The average molecular weight is 423 g/mol. The van der Waals surface area contributed by atoms with Crippen LogP contribution >= 0.6 is 23.1 Å². The average Bonchev–Trinajstić information content (AvgIpc) is 2.98. The second-order valence-electron chi connectivity index (χ2n) is 6.36. The molecule has 0 unspecified atom stereocenters. The molecule has 2 heterocycles. The van der Waals surface area contributed by atoms with Gasteiger partial charge < -0.3 is 20.8 Å². The number of esters is 1. The molecule has 150 valence electrons. The lowest BCUT2D eigenvalue weighted by molar-refractivity contribution is -0.115. The maximum Gasteiger partial charge on any atom is 0.341 e. The molecule has 2 aromatic heterocycles. The monoisotopic (exact) mass is 422 g/mol. The number of rotatable bonds is 6. The number of carbonyl (C=O) groups excluding carboxylic acids is 2. The SMILES string of the molecule is CCOC(=O)c1c(NC(=O)[C@@H](C)Sc2nc(N)cc(=O)[nH]2)sc2c1CCCC2. The van der Waals surface area contributed by atoms with E-state index in [1.165, 1.54) is 17.4 Å². The van der Waals surface area contributed by atoms with E-state index in [-0.39, 0.29) is 29.0 Å². The quantitative estimate of drug-likeness (QED) is 0.371. The van der Waals surface area contributed by atoms with Crippen LogP contribution in [0.4, 0.5) is 10.8 Å². The lowest BCUT2D eigenvalue weighted by atomic mass is 9.95. The molecule has 28 heavy (non-hydrogen) atoms. The highest BCUT2D eigenvalue weighted by Gasteiger charge is 2.28. The summed E-state index contributed by atoms with van der Waals surface area (Å²) in [5.74, 6) is -0.604. The maximum absolute atomic E-state index is 12.7. The maximum atomic E-state index is 12.7. The van der Waals surface area contributed by atoms with Crippen LogP contribution < -0.4 is 16.6 Å². The van der Waals surface area contributed by atoms with Crippen LogP contribution in [0.2, 0.25) is 0 Å². The van der Waals surface area contributed by atoms with Crippen molar-refractivity contribution in [3.8, 4) is 0 Å². The van der Waals surface area contributed by atoms with Crippen molar-refractivity contribution in [3.05, 3.63) is 32.4 Å². The Morgan fingerprint density at radius 1 is 1.43 bits per heavy atom. The number of hydrogen-bond donors (Lipinski definition) is 3. The normalized spacial score (nSPS) is 14.2. The van der Waals surface area contributed by atoms with Crippen LogP contribution in [0.3, 0.4) is 0 Å². The molecule has 1 atom stereocenters. The highest BCUT2D eigenvalue weighted by Crippen LogP contribution is 2.39. The molecule has 0 saturated carbocycles. The third-order valence-corrected chi connectivity index (χ3v) is 6.48. The number of nitrogen functional groups attached to an aromatic ring is 1. The largest absolute Gasteiger partial charge is 0.462 e. The van der Waals surface area contributed by atoms with Crippen molar-refractivity contribution in [3.63, 3.8) is 0 Å². The van der Waals surface area contributed by atoms with Gasteiger partial charge in [0.2, 0.25) is 5.91 Å². The number of aromatic amines is 1. The van der Waals surface area contributed by atoms with E-state index in [0.717, 1.165) is 47.9 Å². The van der Waals surface area contributed by atoms with E-state index in [9.17, 15) is 14.4 Å². The van der Waals surface area contributed by atoms with Crippen molar-refractivity contribution in [2.75, 3.05) is 17.7 Å². The van der Waals surface area contributed by atoms with Gasteiger partial charge in [-0.15, -0.1) is 11.3 Å². The molecule has 0 radical (unpaired) electrons. The number of aromatic nitrogens is 2. The molecular weight excluding hydrogens is 400 g/mol. The summed E-state index contributed by atoms with van der Waals surface area (Å²) in [7, 11) is 0. The predicted octanol–water partition coefficient (Wildman–Crippen LogP) is 2.59. The van der Waals surface area contributed by atoms with Gasteiger partial charge in [0.25, 0.3) is 5.56 Å². The molecule has 2 aromatic rings. The molecule has 10 heteroatoms. The number of thioether (sulfide) groups is 1. The predicted molar refractivity (Wildman–Crippen MR) is 110 cm³/mol. The molecule has 0 fully saturated rings. The van der Waals surface area contributed by atoms with Crippen molar-refractivity contribution in [2.45, 2.75) is 49.9 Å². The van der Waals surface area contributed by atoms with Gasteiger partial charge in [0.05, 0.1) is 17.4 Å². The summed E-state index contributed by atoms with van der Waals surface area (Å²) in [4.78, 5) is 44.4. The van der Waals surface area contributed by atoms with E-state index in [2.05, 4.69) is 15.3 Å². The Labute approximate surface area is 170 Å². The molecular formula is C18H22N4O4S2. The number of carbonyl (C=O) groups is 2. The first-order valence-electron chi connectivity index (χ1n) is 9.05. The Kier molecular flexibility index (Phi) is 6.40. The first-order chi connectivity index (χ1) is 13.4. The smallest absolute Gasteiger partial charge is 0.341 e. The number of aryl methyl sites for hydroxylation is 1. The van der Waals surface area contributed by atoms with Crippen LogP contribution in [0.25, 0.3) is 0 Å². The third-order valence-electron chi connectivity index (χ3n) is 4.28. The Morgan fingerprint density at radius 2 is 2.18 bits per heavy atom. The topological polar surface area (TPSA) is 127 Å². The molecule has 3 rings (SSSR count). The molecule has 0 aliphatic heterocycles. The van der Waals surface area contributed by atoms with Crippen molar-refractivity contribution in [1.29, 1.82) is 0 Å². The van der Waals surface area contributed by atoms with Crippen LogP contribution in [-0.4, -0.2) is 33.7 Å². The molecule has 1 amide bonds. The number of fused-ring (bicyclic) bond motifs is 1. The van der Waals surface area contributed by atoms with Crippen LogP contribution in [0.1, 0.15) is 47.5 Å². The van der Waals surface area contributed by atoms with Crippen molar-refractivity contribution >= 4 is 45.8 Å². The van der Waals surface area contributed by atoms with Gasteiger partial charge in [0, 0.05) is 10.9 Å². The van der Waals surface area contributed by atoms with Gasteiger partial charge in [-0.1, -0.05) is 11.8 Å². The minimum absolute atomic E-state index is 0.0920. The number of nitrogens with two attached hydrogens (primary N) is 1. The molecule has 0 bridgehead atoms. The fraction of sp³-hybridized carbons (Fsp3) is 0.444. The minimum Gasteiger partial charge on any atom is -0.462 e. The molecule has 0 aromatic carbocycles. The molecule has 4 N–H and O–H groups in total. The highest BCUT2D eigenvalue weighted by atomic mass is 32.2. The highest BCUT2D eigenvalue weighted by molar-refractivity contribution is 8.00. The zero-order valence-electron chi connectivity index (χ0n) is 15.7. The summed E-state index contributed by atoms with van der Waals surface area (Å²) in [6, 6.07) is 1.18. The van der Waals surface area contributed by atoms with Gasteiger partial charge in [-0.3, -0.25) is 9.59 Å². The summed E-state index contributed by atoms with van der Waals surface area (Å²) in [5.41, 5.74) is 6.67. The van der Waals surface area contributed by atoms with E-state index in [1.54, 1.807) is 13.8 Å². The Balaban J connectivity index is 1.80. The van der Waals surface area contributed by atoms with Crippen molar-refractivity contribution in [2.24, 2.45) is 0 Å². The van der Waals surface area contributed by atoms with Gasteiger partial charge in [-0.05, 0) is 45.1 Å². The molecule has 1 aliphatic rings. The summed E-state index contributed by atoms with van der Waals surface area (Å²) in [6.45, 7) is 3.73. The third kappa shape index (κ3) is 4.56. The van der Waals surface area contributed by atoms with Crippen molar-refractivity contribution in [1.82, 2.24) is 9.97 Å². The number of nitrogens with one attached hydrogen (secondary N) is 2. The van der Waals surface area contributed by atoms with Crippen LogP contribution in [-0.2, 0) is 22.4 Å². The first kappa shape index (κ1) is 20.4. The lowest BCUT2D eigenvalue weighted by Gasteiger charge is -2.13. The summed E-state index contributed by atoms with van der Waals surface area (Å²) >= 11 is 2.53. The fourth-order valence-corrected chi connectivity index (χ4v) is 5.12. The second-order valence-corrected chi connectivity index (χ2v) is 8.79. The van der Waals surface area contributed by atoms with Gasteiger partial charge in [0.1, 0.15) is 10.8 Å². The van der Waals surface area contributed by atoms with E-state index in [4.69, 9.17) is 10.5 Å². The summed E-state index contributed by atoms with van der Waals surface area (Å²) in [5, 5.41) is 3.10. The number of amides is 1. The molecule has 1 aliphatic carbocycles. The first-order valence-corrected chi connectivity index (χ1v) is 10.7. The van der Waals surface area contributed by atoms with Gasteiger partial charge in [-0.2, -0.15) is 0 Å². The summed E-state index contributed by atoms with van der Waals surface area (Å²) < 4.78 is 5.20. The van der Waals surface area contributed by atoms with E-state index in [1.807, 2.05) is 0 Å².